The Balaban J connectivity index is 2.21. The normalized spacial score (nSPS) is 16.8. The van der Waals surface area contributed by atoms with E-state index in [0.717, 1.165) is 12.1 Å². The molecule has 2 aromatic carbocycles. The number of methoxy groups -OCH3 is 1. The number of thiocarbonyl (C=S) groups is 1. The number of halogens is 3. The van der Waals surface area contributed by atoms with Crippen LogP contribution in [0.3, 0.4) is 0 Å². The quantitative estimate of drug-likeness (QED) is 0.614. The molecule has 1 atom stereocenters. The van der Waals surface area contributed by atoms with Crippen molar-refractivity contribution >= 4 is 40.6 Å². The van der Waals surface area contributed by atoms with Gasteiger partial charge in [-0.2, -0.15) is 0 Å². The van der Waals surface area contributed by atoms with Gasteiger partial charge in [0.1, 0.15) is 11.6 Å². The average molecular weight is 395 g/mol. The van der Waals surface area contributed by atoms with E-state index < -0.39 is 23.6 Å². The van der Waals surface area contributed by atoms with Crippen LogP contribution in [0.2, 0.25) is 5.02 Å². The molecule has 0 spiro atoms. The number of ether oxygens (including phenoxy) is 1. The maximum Gasteiger partial charge on any atom is 0.338 e. The zero-order valence-corrected chi connectivity index (χ0v) is 15.0. The predicted octanol–water partition coefficient (Wildman–Crippen LogP) is 3.72. The first-order valence-electron chi connectivity index (χ1n) is 7.51. The van der Waals surface area contributed by atoms with Crippen molar-refractivity contribution in [1.29, 1.82) is 0 Å². The highest BCUT2D eigenvalue weighted by Gasteiger charge is 2.34. The SMILES string of the molecule is COC(=O)C1=C(c2ccc(Cl)cc2)NC(=S)NC1c1ccc(F)cc1F. The Kier molecular flexibility index (Phi) is 5.20. The Labute approximate surface area is 158 Å². The van der Waals surface area contributed by atoms with Crippen molar-refractivity contribution in [2.24, 2.45) is 0 Å². The van der Waals surface area contributed by atoms with E-state index in [1.807, 2.05) is 0 Å². The zero-order chi connectivity index (χ0) is 18.8. The molecule has 4 nitrogen and oxygen atoms in total. The summed E-state index contributed by atoms with van der Waals surface area (Å²) < 4.78 is 32.5. The van der Waals surface area contributed by atoms with Crippen molar-refractivity contribution in [3.05, 3.63) is 75.8 Å². The minimum Gasteiger partial charge on any atom is -0.466 e. The van der Waals surface area contributed by atoms with Crippen LogP contribution >= 0.6 is 23.8 Å². The molecule has 134 valence electrons. The van der Waals surface area contributed by atoms with Crippen molar-refractivity contribution in [1.82, 2.24) is 10.6 Å². The number of carbonyl (C=O) groups is 1. The van der Waals surface area contributed by atoms with Gasteiger partial charge in [-0.25, -0.2) is 13.6 Å². The Morgan fingerprint density at radius 3 is 2.50 bits per heavy atom. The summed E-state index contributed by atoms with van der Waals surface area (Å²) in [5.74, 6) is -2.19. The highest BCUT2D eigenvalue weighted by atomic mass is 35.5. The number of hydrogen-bond donors (Lipinski definition) is 2. The van der Waals surface area contributed by atoms with E-state index in [2.05, 4.69) is 10.6 Å². The van der Waals surface area contributed by atoms with Gasteiger partial charge in [-0.3, -0.25) is 0 Å². The zero-order valence-electron chi connectivity index (χ0n) is 13.5. The standard InChI is InChI=1S/C18H13ClF2N2O2S/c1-25-17(24)14-15(9-2-4-10(19)5-3-9)22-18(26)23-16(14)12-7-6-11(20)8-13(12)21/h2-8,16H,1H3,(H2,22,23,26). The molecule has 2 aromatic rings. The molecule has 0 saturated carbocycles. The second kappa shape index (κ2) is 7.39. The predicted molar refractivity (Wildman–Crippen MR) is 98.4 cm³/mol. The van der Waals surface area contributed by atoms with Crippen LogP contribution in [0.1, 0.15) is 17.2 Å². The van der Waals surface area contributed by atoms with E-state index in [9.17, 15) is 13.6 Å². The van der Waals surface area contributed by atoms with E-state index >= 15 is 0 Å². The molecule has 0 radical (unpaired) electrons. The molecule has 1 unspecified atom stereocenters. The van der Waals surface area contributed by atoms with E-state index in [1.54, 1.807) is 24.3 Å². The van der Waals surface area contributed by atoms with Crippen molar-refractivity contribution in [2.75, 3.05) is 7.11 Å². The lowest BCUT2D eigenvalue weighted by molar-refractivity contribution is -0.136. The second-order valence-corrected chi connectivity index (χ2v) is 6.33. The molecule has 0 aromatic heterocycles. The summed E-state index contributed by atoms with van der Waals surface area (Å²) in [5.41, 5.74) is 1.17. The number of carbonyl (C=O) groups excluding carboxylic acids is 1. The third-order valence-corrected chi connectivity index (χ3v) is 4.36. The largest absolute Gasteiger partial charge is 0.466 e. The summed E-state index contributed by atoms with van der Waals surface area (Å²) in [6.07, 6.45) is 0. The van der Waals surface area contributed by atoms with Gasteiger partial charge in [-0.15, -0.1) is 0 Å². The molecule has 8 heteroatoms. The third-order valence-electron chi connectivity index (χ3n) is 3.88. The number of benzene rings is 2. The average Bonchev–Trinajstić information content (AvgIpc) is 2.61. The summed E-state index contributed by atoms with van der Waals surface area (Å²) in [5, 5.41) is 6.46. The maximum atomic E-state index is 14.3. The molecule has 2 N–H and O–H groups in total. The summed E-state index contributed by atoms with van der Waals surface area (Å²) in [6.45, 7) is 0. The van der Waals surface area contributed by atoms with Gasteiger partial charge in [0.15, 0.2) is 5.11 Å². The van der Waals surface area contributed by atoms with Crippen LogP contribution in [-0.4, -0.2) is 18.2 Å². The van der Waals surface area contributed by atoms with Crippen molar-refractivity contribution in [2.45, 2.75) is 6.04 Å². The fourth-order valence-corrected chi connectivity index (χ4v) is 3.05. The highest BCUT2D eigenvalue weighted by molar-refractivity contribution is 7.80. The monoisotopic (exact) mass is 394 g/mol. The fourth-order valence-electron chi connectivity index (χ4n) is 2.71. The summed E-state index contributed by atoms with van der Waals surface area (Å²) in [7, 11) is 1.22. The molecule has 1 aliphatic heterocycles. The first-order valence-corrected chi connectivity index (χ1v) is 8.30. The lowest BCUT2D eigenvalue weighted by Crippen LogP contribution is -2.45. The van der Waals surface area contributed by atoms with Gasteiger partial charge in [0, 0.05) is 16.7 Å². The minimum absolute atomic E-state index is 0.0714. The van der Waals surface area contributed by atoms with E-state index in [1.165, 1.54) is 13.2 Å². The van der Waals surface area contributed by atoms with E-state index in [0.29, 0.717) is 16.3 Å². The van der Waals surface area contributed by atoms with Crippen LogP contribution in [0, 0.1) is 11.6 Å². The topological polar surface area (TPSA) is 50.4 Å². The fraction of sp³-hybridized carbons (Fsp3) is 0.111. The van der Waals surface area contributed by atoms with Crippen molar-refractivity contribution < 1.29 is 18.3 Å². The number of rotatable bonds is 3. The molecule has 0 bridgehead atoms. The molecule has 0 amide bonds. The first-order chi connectivity index (χ1) is 12.4. The molecule has 1 aliphatic rings. The summed E-state index contributed by atoms with van der Waals surface area (Å²) in [4.78, 5) is 12.5. The summed E-state index contributed by atoms with van der Waals surface area (Å²) >= 11 is 11.1. The second-order valence-electron chi connectivity index (χ2n) is 5.48. The molecule has 1 heterocycles. The molecular formula is C18H13ClF2N2O2S. The Hall–Kier alpha value is -2.51. The molecule has 0 saturated heterocycles. The van der Waals surface area contributed by atoms with Gasteiger partial charge < -0.3 is 15.4 Å². The smallest absolute Gasteiger partial charge is 0.338 e. The van der Waals surface area contributed by atoms with Gasteiger partial charge in [0.2, 0.25) is 0 Å². The Morgan fingerprint density at radius 1 is 1.19 bits per heavy atom. The summed E-state index contributed by atoms with van der Waals surface area (Å²) in [6, 6.07) is 8.87. The van der Waals surface area contributed by atoms with E-state index in [4.69, 9.17) is 28.6 Å². The molecule has 0 fully saturated rings. The van der Waals surface area contributed by atoms with Crippen molar-refractivity contribution in [3.8, 4) is 0 Å². The van der Waals surface area contributed by atoms with Gasteiger partial charge in [0.05, 0.1) is 24.4 Å². The molecule has 26 heavy (non-hydrogen) atoms. The van der Waals surface area contributed by atoms with Gasteiger partial charge >= 0.3 is 5.97 Å². The lowest BCUT2D eigenvalue weighted by Gasteiger charge is -2.31. The third kappa shape index (κ3) is 3.54. The minimum atomic E-state index is -0.942. The number of esters is 1. The van der Waals surface area contributed by atoms with E-state index in [-0.39, 0.29) is 16.2 Å². The van der Waals surface area contributed by atoms with Gasteiger partial charge in [-0.1, -0.05) is 29.8 Å². The lowest BCUT2D eigenvalue weighted by atomic mass is 9.92. The Morgan fingerprint density at radius 2 is 1.88 bits per heavy atom. The van der Waals surface area contributed by atoms with Crippen LogP contribution in [0.5, 0.6) is 0 Å². The molecule has 0 aliphatic carbocycles. The first kappa shape index (κ1) is 18.3. The molecular weight excluding hydrogens is 382 g/mol. The van der Waals surface area contributed by atoms with Crippen LogP contribution in [-0.2, 0) is 9.53 Å². The van der Waals surface area contributed by atoms with Gasteiger partial charge in [-0.05, 0) is 36.0 Å². The van der Waals surface area contributed by atoms with Crippen LogP contribution in [0.25, 0.3) is 5.70 Å². The van der Waals surface area contributed by atoms with Crippen LogP contribution in [0.4, 0.5) is 8.78 Å². The Bertz CT molecular complexity index is 916. The number of nitrogens with one attached hydrogen (secondary N) is 2. The van der Waals surface area contributed by atoms with Crippen LogP contribution < -0.4 is 10.6 Å². The number of hydrogen-bond acceptors (Lipinski definition) is 3. The van der Waals surface area contributed by atoms with Crippen LogP contribution in [0.15, 0.2) is 48.0 Å². The van der Waals surface area contributed by atoms with Gasteiger partial charge in [0.25, 0.3) is 0 Å². The van der Waals surface area contributed by atoms with Crippen molar-refractivity contribution in [3.63, 3.8) is 0 Å². The molecule has 3 rings (SSSR count). The highest BCUT2D eigenvalue weighted by Crippen LogP contribution is 2.33. The maximum absolute atomic E-state index is 14.3.